The van der Waals surface area contributed by atoms with Gasteiger partial charge in [-0.15, -0.1) is 0 Å². The van der Waals surface area contributed by atoms with Crippen molar-refractivity contribution >= 4 is 29.3 Å². The number of nitrogens with one attached hydrogen (secondary N) is 2. The Morgan fingerprint density at radius 1 is 1.19 bits per heavy atom. The number of anilines is 2. The maximum atomic E-state index is 13.2. The summed E-state index contributed by atoms with van der Waals surface area (Å²) in [6, 6.07) is 11.2. The highest BCUT2D eigenvalue weighted by Gasteiger charge is 2.33. The second-order valence-corrected chi connectivity index (χ2v) is 6.91. The number of amides is 2. The van der Waals surface area contributed by atoms with Crippen molar-refractivity contribution < 1.29 is 23.5 Å². The lowest BCUT2D eigenvalue weighted by Crippen LogP contribution is -2.35. The number of aromatic nitrogens is 2. The molecular weight excluding hydrogens is 403 g/mol. The Balaban J connectivity index is 1.55. The van der Waals surface area contributed by atoms with E-state index in [2.05, 4.69) is 15.7 Å². The molecule has 0 bridgehead atoms. The molecule has 0 radical (unpaired) electrons. The standard InChI is InChI=1S/C22H19FN4O4/c1-2-31-22(30)14-5-9-16(10-6-14)25-21(29)18-11-19(28)26-20-17(12-24-27(18)20)13-3-7-15(23)8-4-13/h3-10,12,18H,2,11H2,1H3,(H,25,29)(H,26,28). The molecule has 4 rings (SSSR count). The van der Waals surface area contributed by atoms with E-state index in [0.717, 1.165) is 0 Å². The summed E-state index contributed by atoms with van der Waals surface area (Å²) in [6.07, 6.45) is 1.45. The highest BCUT2D eigenvalue weighted by atomic mass is 19.1. The summed E-state index contributed by atoms with van der Waals surface area (Å²) in [6.45, 7) is 1.99. The van der Waals surface area contributed by atoms with E-state index in [-0.39, 0.29) is 24.8 Å². The summed E-state index contributed by atoms with van der Waals surface area (Å²) in [5.74, 6) is -1.19. The fourth-order valence-electron chi connectivity index (χ4n) is 3.34. The van der Waals surface area contributed by atoms with E-state index in [1.165, 1.54) is 23.0 Å². The van der Waals surface area contributed by atoms with Gasteiger partial charge in [0.05, 0.1) is 24.8 Å². The number of esters is 1. The average Bonchev–Trinajstić information content (AvgIpc) is 3.18. The van der Waals surface area contributed by atoms with Crippen molar-refractivity contribution in [2.24, 2.45) is 0 Å². The van der Waals surface area contributed by atoms with Crippen LogP contribution in [0.1, 0.15) is 29.7 Å². The number of hydrogen-bond donors (Lipinski definition) is 2. The van der Waals surface area contributed by atoms with Crippen LogP contribution in [-0.2, 0) is 14.3 Å². The first kappa shape index (κ1) is 20.3. The lowest BCUT2D eigenvalue weighted by molar-refractivity contribution is -0.125. The lowest BCUT2D eigenvalue weighted by atomic mass is 10.1. The molecule has 8 nitrogen and oxygen atoms in total. The van der Waals surface area contributed by atoms with Gasteiger partial charge in [-0.05, 0) is 48.9 Å². The van der Waals surface area contributed by atoms with Gasteiger partial charge in [0.15, 0.2) is 0 Å². The van der Waals surface area contributed by atoms with Gasteiger partial charge in [-0.3, -0.25) is 9.59 Å². The molecule has 1 aliphatic rings. The number of carbonyl (C=O) groups is 3. The van der Waals surface area contributed by atoms with Gasteiger partial charge < -0.3 is 15.4 Å². The van der Waals surface area contributed by atoms with Gasteiger partial charge in [0, 0.05) is 11.3 Å². The minimum Gasteiger partial charge on any atom is -0.462 e. The average molecular weight is 422 g/mol. The zero-order valence-electron chi connectivity index (χ0n) is 16.6. The van der Waals surface area contributed by atoms with Crippen LogP contribution in [0.5, 0.6) is 0 Å². The Kier molecular flexibility index (Phi) is 5.48. The highest BCUT2D eigenvalue weighted by molar-refractivity contribution is 6.03. The second-order valence-electron chi connectivity index (χ2n) is 6.91. The molecular formula is C22H19FN4O4. The minimum atomic E-state index is -0.859. The Morgan fingerprint density at radius 3 is 2.58 bits per heavy atom. The number of hydrogen-bond acceptors (Lipinski definition) is 5. The van der Waals surface area contributed by atoms with E-state index in [1.54, 1.807) is 43.3 Å². The summed E-state index contributed by atoms with van der Waals surface area (Å²) >= 11 is 0. The number of fused-ring (bicyclic) bond motifs is 1. The first-order chi connectivity index (χ1) is 15.0. The summed E-state index contributed by atoms with van der Waals surface area (Å²) in [7, 11) is 0. The van der Waals surface area contributed by atoms with Gasteiger partial charge in [-0.1, -0.05) is 12.1 Å². The number of nitrogens with zero attached hydrogens (tertiary/aromatic N) is 2. The van der Waals surface area contributed by atoms with Crippen molar-refractivity contribution in [2.75, 3.05) is 17.2 Å². The first-order valence-electron chi connectivity index (χ1n) is 9.67. The van der Waals surface area contributed by atoms with E-state index in [9.17, 15) is 18.8 Å². The van der Waals surface area contributed by atoms with Crippen LogP contribution < -0.4 is 10.6 Å². The number of halogens is 1. The summed E-state index contributed by atoms with van der Waals surface area (Å²) in [5.41, 5.74) is 2.09. The van der Waals surface area contributed by atoms with Crippen molar-refractivity contribution in [3.8, 4) is 11.1 Å². The minimum absolute atomic E-state index is 0.0791. The normalized spacial score (nSPS) is 15.0. The molecule has 31 heavy (non-hydrogen) atoms. The zero-order valence-corrected chi connectivity index (χ0v) is 16.6. The van der Waals surface area contributed by atoms with Crippen LogP contribution in [-0.4, -0.2) is 34.2 Å². The fraction of sp³-hybridized carbons (Fsp3) is 0.182. The monoisotopic (exact) mass is 422 g/mol. The van der Waals surface area contributed by atoms with Gasteiger partial charge in [-0.25, -0.2) is 13.9 Å². The topological polar surface area (TPSA) is 102 Å². The van der Waals surface area contributed by atoms with Crippen molar-refractivity contribution in [3.05, 3.63) is 66.1 Å². The van der Waals surface area contributed by atoms with E-state index in [4.69, 9.17) is 4.74 Å². The van der Waals surface area contributed by atoms with Gasteiger partial charge in [-0.2, -0.15) is 5.10 Å². The Hall–Kier alpha value is -4.01. The van der Waals surface area contributed by atoms with Gasteiger partial charge in [0.2, 0.25) is 11.8 Å². The molecule has 2 amide bonds. The molecule has 0 fully saturated rings. The molecule has 2 aromatic carbocycles. The predicted molar refractivity (Wildman–Crippen MR) is 111 cm³/mol. The smallest absolute Gasteiger partial charge is 0.338 e. The molecule has 158 valence electrons. The predicted octanol–water partition coefficient (Wildman–Crippen LogP) is 3.39. The van der Waals surface area contributed by atoms with Crippen LogP contribution in [0.3, 0.4) is 0 Å². The van der Waals surface area contributed by atoms with E-state index >= 15 is 0 Å². The van der Waals surface area contributed by atoms with E-state index in [0.29, 0.717) is 28.2 Å². The highest BCUT2D eigenvalue weighted by Crippen LogP contribution is 2.34. The molecule has 1 unspecified atom stereocenters. The maximum absolute atomic E-state index is 13.2. The molecule has 9 heteroatoms. The third-order valence-electron chi connectivity index (χ3n) is 4.85. The Labute approximate surface area is 177 Å². The Bertz CT molecular complexity index is 1140. The number of carbonyl (C=O) groups excluding carboxylic acids is 3. The van der Waals surface area contributed by atoms with Crippen LogP contribution in [0.4, 0.5) is 15.9 Å². The van der Waals surface area contributed by atoms with Crippen LogP contribution >= 0.6 is 0 Å². The lowest BCUT2D eigenvalue weighted by Gasteiger charge is -2.24. The first-order valence-corrected chi connectivity index (χ1v) is 9.67. The van der Waals surface area contributed by atoms with Crippen LogP contribution in [0, 0.1) is 5.82 Å². The van der Waals surface area contributed by atoms with Crippen LogP contribution in [0.25, 0.3) is 11.1 Å². The largest absolute Gasteiger partial charge is 0.462 e. The molecule has 1 aliphatic heterocycles. The van der Waals surface area contributed by atoms with Crippen molar-refractivity contribution in [2.45, 2.75) is 19.4 Å². The Morgan fingerprint density at radius 2 is 1.90 bits per heavy atom. The third-order valence-corrected chi connectivity index (χ3v) is 4.85. The SMILES string of the molecule is CCOC(=O)c1ccc(NC(=O)C2CC(=O)Nc3c(-c4ccc(F)cc4)cnn32)cc1. The van der Waals surface area contributed by atoms with Gasteiger partial charge >= 0.3 is 5.97 Å². The zero-order chi connectivity index (χ0) is 22.0. The summed E-state index contributed by atoms with van der Waals surface area (Å²) < 4.78 is 19.6. The van der Waals surface area contributed by atoms with E-state index in [1.807, 2.05) is 0 Å². The van der Waals surface area contributed by atoms with Crippen LogP contribution in [0.15, 0.2) is 54.7 Å². The molecule has 0 spiro atoms. The molecule has 0 aliphatic carbocycles. The van der Waals surface area contributed by atoms with Crippen molar-refractivity contribution in [1.82, 2.24) is 9.78 Å². The summed E-state index contributed by atoms with van der Waals surface area (Å²) in [5, 5.41) is 9.76. The number of rotatable bonds is 5. The molecule has 3 aromatic rings. The van der Waals surface area contributed by atoms with Gasteiger partial charge in [0.25, 0.3) is 0 Å². The second kappa shape index (κ2) is 8.39. The molecule has 2 heterocycles. The number of ether oxygens (including phenoxy) is 1. The molecule has 0 saturated carbocycles. The molecule has 0 saturated heterocycles. The third kappa shape index (κ3) is 4.16. The van der Waals surface area contributed by atoms with Crippen LogP contribution in [0.2, 0.25) is 0 Å². The molecule has 2 N–H and O–H groups in total. The summed E-state index contributed by atoms with van der Waals surface area (Å²) in [4.78, 5) is 36.9. The number of benzene rings is 2. The quantitative estimate of drug-likeness (QED) is 0.614. The van der Waals surface area contributed by atoms with Gasteiger partial charge in [0.1, 0.15) is 17.7 Å². The molecule has 1 atom stereocenters. The molecule has 1 aromatic heterocycles. The maximum Gasteiger partial charge on any atom is 0.338 e. The van der Waals surface area contributed by atoms with Crippen molar-refractivity contribution in [1.29, 1.82) is 0 Å². The fourth-order valence-corrected chi connectivity index (χ4v) is 3.34. The van der Waals surface area contributed by atoms with E-state index < -0.39 is 17.9 Å². The van der Waals surface area contributed by atoms with Crippen molar-refractivity contribution in [3.63, 3.8) is 0 Å².